The number of hydrogen-bond donors (Lipinski definition) is 2. The number of rotatable bonds is 6. The summed E-state index contributed by atoms with van der Waals surface area (Å²) in [4.78, 5) is 6.23. The van der Waals surface area contributed by atoms with Crippen molar-refractivity contribution in [3.05, 3.63) is 53.9 Å². The fourth-order valence-electron chi connectivity index (χ4n) is 3.92. The Labute approximate surface area is 208 Å². The fourth-order valence-corrected chi connectivity index (χ4v) is 5.74. The van der Waals surface area contributed by atoms with E-state index in [4.69, 9.17) is 4.74 Å². The summed E-state index contributed by atoms with van der Waals surface area (Å²) in [5.74, 6) is 5.72. The molecule has 190 valence electrons. The summed E-state index contributed by atoms with van der Waals surface area (Å²) in [6.07, 6.45) is 3.19. The number of sulfonamides is 1. The van der Waals surface area contributed by atoms with Crippen LogP contribution in [-0.2, 0) is 16.6 Å². The smallest absolute Gasteiger partial charge is 0.247 e. The van der Waals surface area contributed by atoms with Gasteiger partial charge in [-0.1, -0.05) is 18.8 Å². The molecule has 0 fully saturated rings. The highest BCUT2D eigenvalue weighted by molar-refractivity contribution is 7.89. The minimum absolute atomic E-state index is 0.0419. The maximum absolute atomic E-state index is 13.6. The third-order valence-corrected chi connectivity index (χ3v) is 7.89. The SMILES string of the molecule is C[C@H]1CN([C@@H](C)CO)S(=O)(=O)c2ccc(C#CC(C)(C)O)cc2O[C@@H]1CN(C)Cc1ccncc1. The molecule has 0 bridgehead atoms. The molecule has 2 heterocycles. The zero-order chi connectivity index (χ0) is 25.8. The number of aliphatic hydroxyl groups excluding tert-OH is 1. The predicted molar refractivity (Wildman–Crippen MR) is 134 cm³/mol. The highest BCUT2D eigenvalue weighted by atomic mass is 32.2. The van der Waals surface area contributed by atoms with E-state index in [0.717, 1.165) is 5.56 Å². The van der Waals surface area contributed by atoms with E-state index in [-0.39, 0.29) is 35.8 Å². The van der Waals surface area contributed by atoms with Crippen LogP contribution in [0.5, 0.6) is 5.75 Å². The number of ether oxygens (including phenoxy) is 1. The predicted octanol–water partition coefficient (Wildman–Crippen LogP) is 2.10. The number of fused-ring (bicyclic) bond motifs is 1. The lowest BCUT2D eigenvalue weighted by atomic mass is 10.0. The first-order valence-electron chi connectivity index (χ1n) is 11.7. The topological polar surface area (TPSA) is 103 Å². The number of aliphatic hydroxyl groups is 2. The van der Waals surface area contributed by atoms with Gasteiger partial charge in [0.05, 0.1) is 6.61 Å². The third kappa shape index (κ3) is 7.03. The van der Waals surface area contributed by atoms with E-state index in [2.05, 4.69) is 21.7 Å². The standard InChI is InChI=1S/C26H35N3O5S/c1-19-15-29(20(2)18-30)35(32,33)25-7-6-21(8-11-26(3,4)31)14-23(25)34-24(19)17-28(5)16-22-9-12-27-13-10-22/h6-7,9-10,12-14,19-20,24,30-31H,15-18H2,1-5H3/t19-,20-,24+/m0/s1. The average Bonchev–Trinajstić information content (AvgIpc) is 2.79. The molecule has 1 aliphatic heterocycles. The molecule has 2 N–H and O–H groups in total. The Morgan fingerprint density at radius 2 is 1.97 bits per heavy atom. The van der Waals surface area contributed by atoms with Crippen molar-refractivity contribution in [3.63, 3.8) is 0 Å². The van der Waals surface area contributed by atoms with Gasteiger partial charge in [0, 0.05) is 49.6 Å². The summed E-state index contributed by atoms with van der Waals surface area (Å²) in [6, 6.07) is 8.04. The number of likely N-dealkylation sites (N-methyl/N-ethyl adjacent to an activating group) is 1. The van der Waals surface area contributed by atoms with Gasteiger partial charge in [-0.25, -0.2) is 8.42 Å². The molecule has 3 atom stereocenters. The van der Waals surface area contributed by atoms with Gasteiger partial charge >= 0.3 is 0 Å². The van der Waals surface area contributed by atoms with Crippen LogP contribution in [0.1, 0.15) is 38.8 Å². The molecule has 8 nitrogen and oxygen atoms in total. The highest BCUT2D eigenvalue weighted by Crippen LogP contribution is 2.34. The van der Waals surface area contributed by atoms with Gasteiger partial charge in [0.1, 0.15) is 22.4 Å². The Kier molecular flexibility index (Phi) is 8.57. The molecule has 0 aliphatic carbocycles. The molecule has 3 rings (SSSR count). The van der Waals surface area contributed by atoms with Crippen LogP contribution in [-0.4, -0.2) is 77.3 Å². The number of hydrogen-bond acceptors (Lipinski definition) is 7. The molecule has 9 heteroatoms. The summed E-state index contributed by atoms with van der Waals surface area (Å²) < 4.78 is 34.9. The van der Waals surface area contributed by atoms with Gasteiger partial charge in [-0.3, -0.25) is 9.88 Å². The maximum atomic E-state index is 13.6. The molecular formula is C26H35N3O5S. The van der Waals surface area contributed by atoms with Gasteiger partial charge in [0.15, 0.2) is 0 Å². The van der Waals surface area contributed by atoms with Crippen molar-refractivity contribution in [1.82, 2.24) is 14.2 Å². The van der Waals surface area contributed by atoms with Crippen LogP contribution < -0.4 is 4.74 Å². The molecule has 0 unspecified atom stereocenters. The molecule has 1 aromatic carbocycles. The van der Waals surface area contributed by atoms with Crippen molar-refractivity contribution in [3.8, 4) is 17.6 Å². The van der Waals surface area contributed by atoms with Crippen molar-refractivity contribution in [2.24, 2.45) is 5.92 Å². The summed E-state index contributed by atoms with van der Waals surface area (Å²) in [7, 11) is -1.92. The molecule has 0 radical (unpaired) electrons. The van der Waals surface area contributed by atoms with Crippen LogP contribution in [0.4, 0.5) is 0 Å². The monoisotopic (exact) mass is 501 g/mol. The zero-order valence-corrected chi connectivity index (χ0v) is 21.8. The Balaban J connectivity index is 2.00. The van der Waals surface area contributed by atoms with Crippen molar-refractivity contribution >= 4 is 10.0 Å². The molecule has 35 heavy (non-hydrogen) atoms. The normalized spacial score (nSPS) is 21.1. The van der Waals surface area contributed by atoms with Gasteiger partial charge in [-0.2, -0.15) is 4.31 Å². The highest BCUT2D eigenvalue weighted by Gasteiger charge is 2.38. The first-order chi connectivity index (χ1) is 16.4. The van der Waals surface area contributed by atoms with Gasteiger partial charge in [-0.15, -0.1) is 0 Å². The largest absolute Gasteiger partial charge is 0.487 e. The van der Waals surface area contributed by atoms with Crippen LogP contribution in [0, 0.1) is 17.8 Å². The van der Waals surface area contributed by atoms with Crippen molar-refractivity contribution in [2.45, 2.75) is 56.9 Å². The van der Waals surface area contributed by atoms with Crippen LogP contribution in [0.2, 0.25) is 0 Å². The van der Waals surface area contributed by atoms with E-state index in [1.165, 1.54) is 10.4 Å². The van der Waals surface area contributed by atoms with E-state index in [1.807, 2.05) is 26.1 Å². The van der Waals surface area contributed by atoms with E-state index < -0.39 is 21.7 Å². The number of pyridine rings is 1. The van der Waals surface area contributed by atoms with Crippen molar-refractivity contribution in [2.75, 3.05) is 26.7 Å². The van der Waals surface area contributed by atoms with Crippen molar-refractivity contribution < 1.29 is 23.4 Å². The van der Waals surface area contributed by atoms with Gasteiger partial charge < -0.3 is 14.9 Å². The molecule has 0 saturated carbocycles. The second-order valence-electron chi connectivity index (χ2n) is 9.76. The van der Waals surface area contributed by atoms with Crippen LogP contribution in [0.25, 0.3) is 0 Å². The third-order valence-electron chi connectivity index (χ3n) is 5.87. The fraction of sp³-hybridized carbons (Fsp3) is 0.500. The summed E-state index contributed by atoms with van der Waals surface area (Å²) in [5.41, 5.74) is 0.473. The molecule has 1 aromatic heterocycles. The molecule has 0 spiro atoms. The van der Waals surface area contributed by atoms with E-state index in [9.17, 15) is 18.6 Å². The minimum Gasteiger partial charge on any atom is -0.487 e. The minimum atomic E-state index is -3.92. The Hall–Kier alpha value is -2.48. The molecular weight excluding hydrogens is 466 g/mol. The first kappa shape index (κ1) is 27.1. The average molecular weight is 502 g/mol. The second kappa shape index (κ2) is 11.1. The first-order valence-corrected chi connectivity index (χ1v) is 13.1. The van der Waals surface area contributed by atoms with E-state index in [0.29, 0.717) is 18.7 Å². The Bertz CT molecular complexity index is 1170. The van der Waals surface area contributed by atoms with Crippen LogP contribution in [0.3, 0.4) is 0 Å². The van der Waals surface area contributed by atoms with Crippen molar-refractivity contribution in [1.29, 1.82) is 0 Å². The number of benzene rings is 1. The quantitative estimate of drug-likeness (QED) is 0.585. The second-order valence-corrected chi connectivity index (χ2v) is 11.6. The summed E-state index contributed by atoms with van der Waals surface area (Å²) in [6.45, 7) is 8.00. The van der Waals surface area contributed by atoms with Gasteiger partial charge in [0.2, 0.25) is 10.0 Å². The van der Waals surface area contributed by atoms with Crippen LogP contribution >= 0.6 is 0 Å². The number of nitrogens with zero attached hydrogens (tertiary/aromatic N) is 3. The Morgan fingerprint density at radius 1 is 1.29 bits per heavy atom. The Morgan fingerprint density at radius 3 is 2.60 bits per heavy atom. The lowest BCUT2D eigenvalue weighted by Gasteiger charge is -2.37. The molecule has 0 amide bonds. The summed E-state index contributed by atoms with van der Waals surface area (Å²) >= 11 is 0. The maximum Gasteiger partial charge on any atom is 0.247 e. The summed E-state index contributed by atoms with van der Waals surface area (Å²) in [5, 5.41) is 19.8. The molecule has 1 aliphatic rings. The number of aromatic nitrogens is 1. The zero-order valence-electron chi connectivity index (χ0n) is 21.0. The molecule has 2 aromatic rings. The van der Waals surface area contributed by atoms with Gasteiger partial charge in [-0.05, 0) is 63.7 Å². The van der Waals surface area contributed by atoms with Crippen LogP contribution in [0.15, 0.2) is 47.6 Å². The molecule has 0 saturated heterocycles. The lowest BCUT2D eigenvalue weighted by Crippen LogP contribution is -2.49. The van der Waals surface area contributed by atoms with Gasteiger partial charge in [0.25, 0.3) is 0 Å². The van der Waals surface area contributed by atoms with E-state index in [1.54, 1.807) is 45.3 Å². The lowest BCUT2D eigenvalue weighted by molar-refractivity contribution is 0.0733. The van der Waals surface area contributed by atoms with E-state index >= 15 is 0 Å².